The first-order valence-electron chi connectivity index (χ1n) is 16.1. The summed E-state index contributed by atoms with van der Waals surface area (Å²) in [6.07, 6.45) is 9.27. The maximum Gasteiger partial charge on any atom is 0.413 e. The van der Waals surface area contributed by atoms with Crippen LogP contribution < -0.4 is 21.3 Å². The molecule has 4 N–H and O–H groups in total. The molecule has 5 rings (SSSR count). The fourth-order valence-electron chi connectivity index (χ4n) is 6.63. The minimum absolute atomic E-state index is 0.00396. The molecule has 3 heterocycles. The van der Waals surface area contributed by atoms with Gasteiger partial charge < -0.3 is 25.4 Å². The summed E-state index contributed by atoms with van der Waals surface area (Å²) in [5.74, 6) is -0.328. The van der Waals surface area contributed by atoms with Gasteiger partial charge in [0.05, 0.1) is 11.8 Å². The summed E-state index contributed by atoms with van der Waals surface area (Å²) in [6.45, 7) is 6.39. The maximum absolute atomic E-state index is 13.8. The summed E-state index contributed by atoms with van der Waals surface area (Å²) in [6, 6.07) is 8.17. The van der Waals surface area contributed by atoms with Gasteiger partial charge in [-0.2, -0.15) is 0 Å². The Bertz CT molecular complexity index is 1410. The Morgan fingerprint density at radius 3 is 2.44 bits per heavy atom. The minimum atomic E-state index is -0.721. The van der Waals surface area contributed by atoms with Crippen molar-refractivity contribution in [3.8, 4) is 0 Å². The van der Waals surface area contributed by atoms with Crippen LogP contribution in [-0.2, 0) is 35.7 Å². The van der Waals surface area contributed by atoms with E-state index in [0.29, 0.717) is 43.0 Å². The van der Waals surface area contributed by atoms with Crippen LogP contribution in [0.2, 0.25) is 0 Å². The van der Waals surface area contributed by atoms with Crippen LogP contribution in [0.4, 0.5) is 22.0 Å². The Morgan fingerprint density at radius 1 is 1.02 bits per heavy atom. The highest BCUT2D eigenvalue weighted by Gasteiger charge is 2.47. The minimum Gasteiger partial charge on any atom is -0.444 e. The first-order chi connectivity index (χ1) is 21.5. The van der Waals surface area contributed by atoms with Crippen molar-refractivity contribution < 1.29 is 28.7 Å². The predicted octanol–water partition coefficient (Wildman–Crippen LogP) is 5.46. The third kappa shape index (κ3) is 8.19. The first kappa shape index (κ1) is 32.4. The van der Waals surface area contributed by atoms with Gasteiger partial charge in [-0.1, -0.05) is 38.2 Å². The Hall–Kier alpha value is -3.99. The SMILES string of the molecule is CC(C)(C)OC(=O)Nc1cc(CC(=O)NC(C(=O)Nc2ccc3c(c2)NC(=O)C32CCOCC2)C2CCCCCCC2)ccn1. The van der Waals surface area contributed by atoms with Gasteiger partial charge in [-0.25, -0.2) is 9.78 Å². The fourth-order valence-corrected chi connectivity index (χ4v) is 6.63. The second kappa shape index (κ2) is 14.0. The molecule has 45 heavy (non-hydrogen) atoms. The zero-order chi connectivity index (χ0) is 32.0. The molecule has 1 atom stereocenters. The van der Waals surface area contributed by atoms with Crippen LogP contribution >= 0.6 is 0 Å². The Morgan fingerprint density at radius 2 is 1.73 bits per heavy atom. The third-order valence-corrected chi connectivity index (χ3v) is 8.87. The van der Waals surface area contributed by atoms with Gasteiger partial charge in [0.2, 0.25) is 17.7 Å². The van der Waals surface area contributed by atoms with E-state index in [9.17, 15) is 19.2 Å². The van der Waals surface area contributed by atoms with E-state index in [1.165, 1.54) is 12.6 Å². The molecule has 1 spiro atoms. The van der Waals surface area contributed by atoms with E-state index in [0.717, 1.165) is 44.1 Å². The van der Waals surface area contributed by atoms with Crippen molar-refractivity contribution in [2.45, 2.75) is 102 Å². The molecule has 242 valence electrons. The average molecular weight is 620 g/mol. The summed E-state index contributed by atoms with van der Waals surface area (Å²) < 4.78 is 10.8. The van der Waals surface area contributed by atoms with E-state index in [1.807, 2.05) is 18.2 Å². The number of anilines is 3. The van der Waals surface area contributed by atoms with Gasteiger partial charge in [-0.3, -0.25) is 19.7 Å². The molecule has 0 radical (unpaired) electrons. The molecule has 1 unspecified atom stereocenters. The number of carbonyl (C=O) groups excluding carboxylic acids is 4. The molecule has 1 aliphatic carbocycles. The number of benzene rings is 1. The number of hydrogen-bond donors (Lipinski definition) is 4. The van der Waals surface area contributed by atoms with Crippen molar-refractivity contribution >= 4 is 41.0 Å². The monoisotopic (exact) mass is 619 g/mol. The van der Waals surface area contributed by atoms with Crippen molar-refractivity contribution in [1.82, 2.24) is 10.3 Å². The van der Waals surface area contributed by atoms with E-state index in [2.05, 4.69) is 26.3 Å². The van der Waals surface area contributed by atoms with Gasteiger partial charge in [0.15, 0.2) is 0 Å². The van der Waals surface area contributed by atoms with Crippen LogP contribution in [0, 0.1) is 5.92 Å². The number of aromatic nitrogens is 1. The first-order valence-corrected chi connectivity index (χ1v) is 16.1. The molecule has 1 saturated heterocycles. The number of rotatable bonds is 7. The number of hydrogen-bond acceptors (Lipinski definition) is 7. The number of fused-ring (bicyclic) bond motifs is 2. The van der Waals surface area contributed by atoms with Crippen molar-refractivity contribution in [3.63, 3.8) is 0 Å². The average Bonchev–Trinajstić information content (AvgIpc) is 3.20. The summed E-state index contributed by atoms with van der Waals surface area (Å²) >= 11 is 0. The molecule has 0 bridgehead atoms. The van der Waals surface area contributed by atoms with Crippen LogP contribution in [-0.4, -0.2) is 53.7 Å². The van der Waals surface area contributed by atoms with Crippen LogP contribution in [0.3, 0.4) is 0 Å². The van der Waals surface area contributed by atoms with Gasteiger partial charge in [0.25, 0.3) is 0 Å². The third-order valence-electron chi connectivity index (χ3n) is 8.87. The number of ether oxygens (including phenoxy) is 2. The van der Waals surface area contributed by atoms with Crippen LogP contribution in [0.25, 0.3) is 0 Å². The lowest BCUT2D eigenvalue weighted by molar-refractivity contribution is -0.127. The van der Waals surface area contributed by atoms with Gasteiger partial charge in [0.1, 0.15) is 17.5 Å². The number of pyridine rings is 1. The Kier molecular flexibility index (Phi) is 10.1. The van der Waals surface area contributed by atoms with E-state index in [1.54, 1.807) is 32.9 Å². The second-order valence-corrected chi connectivity index (χ2v) is 13.4. The maximum atomic E-state index is 13.8. The number of nitrogens with one attached hydrogen (secondary N) is 4. The highest BCUT2D eigenvalue weighted by molar-refractivity contribution is 6.07. The largest absolute Gasteiger partial charge is 0.444 e. The molecule has 11 nitrogen and oxygen atoms in total. The van der Waals surface area contributed by atoms with Crippen LogP contribution in [0.15, 0.2) is 36.5 Å². The van der Waals surface area contributed by atoms with Gasteiger partial charge in [-0.15, -0.1) is 0 Å². The molecular weight excluding hydrogens is 574 g/mol. The normalized spacial score (nSPS) is 19.0. The van der Waals surface area contributed by atoms with Gasteiger partial charge >= 0.3 is 6.09 Å². The fraction of sp³-hybridized carbons (Fsp3) is 0.559. The summed E-state index contributed by atoms with van der Waals surface area (Å²) in [5, 5.41) is 11.7. The second-order valence-electron chi connectivity index (χ2n) is 13.4. The van der Waals surface area contributed by atoms with Crippen molar-refractivity contribution in [3.05, 3.63) is 47.7 Å². The molecular formula is C34H45N5O6. The van der Waals surface area contributed by atoms with Gasteiger partial charge in [-0.05, 0) is 87.8 Å². The van der Waals surface area contributed by atoms with E-state index in [-0.39, 0.29) is 35.9 Å². The summed E-state index contributed by atoms with van der Waals surface area (Å²) in [7, 11) is 0. The Labute approximate surface area is 264 Å². The van der Waals surface area contributed by atoms with E-state index >= 15 is 0 Å². The smallest absolute Gasteiger partial charge is 0.413 e. The Balaban J connectivity index is 1.28. The molecule has 1 aromatic carbocycles. The lowest BCUT2D eigenvalue weighted by Crippen LogP contribution is -2.49. The standard InChI is InChI=1S/C34H45N5O6/c1-33(2,3)45-32(43)38-27-19-22(13-16-35-27)20-28(40)39-29(23-9-7-5-4-6-8-10-23)30(41)36-24-11-12-25-26(21-24)37-31(42)34(25)14-17-44-18-15-34/h11-13,16,19,21,23,29H,4-10,14-15,17-18,20H2,1-3H3,(H,36,41)(H,37,42)(H,39,40)(H,35,38,43). The molecule has 1 saturated carbocycles. The molecule has 3 aliphatic rings. The predicted molar refractivity (Wildman–Crippen MR) is 171 cm³/mol. The van der Waals surface area contributed by atoms with Crippen LogP contribution in [0.5, 0.6) is 0 Å². The molecule has 2 fully saturated rings. The molecule has 2 aromatic rings. The summed E-state index contributed by atoms with van der Waals surface area (Å²) in [4.78, 5) is 56.6. The topological polar surface area (TPSA) is 148 Å². The lowest BCUT2D eigenvalue weighted by Gasteiger charge is -2.31. The lowest BCUT2D eigenvalue weighted by atomic mass is 9.75. The quantitative estimate of drug-likeness (QED) is 0.322. The molecule has 2 aliphatic heterocycles. The van der Waals surface area contributed by atoms with Gasteiger partial charge in [0, 0.05) is 30.8 Å². The van der Waals surface area contributed by atoms with Crippen molar-refractivity contribution in [2.24, 2.45) is 5.92 Å². The molecule has 4 amide bonds. The van der Waals surface area contributed by atoms with Crippen molar-refractivity contribution in [2.75, 3.05) is 29.2 Å². The molecule has 1 aromatic heterocycles. The van der Waals surface area contributed by atoms with Crippen molar-refractivity contribution in [1.29, 1.82) is 0 Å². The zero-order valence-corrected chi connectivity index (χ0v) is 26.5. The highest BCUT2D eigenvalue weighted by Crippen LogP contribution is 2.45. The number of nitrogens with zero attached hydrogens (tertiary/aromatic N) is 1. The molecule has 11 heteroatoms. The van der Waals surface area contributed by atoms with E-state index < -0.39 is 23.2 Å². The highest BCUT2D eigenvalue weighted by atomic mass is 16.6. The summed E-state index contributed by atoms with van der Waals surface area (Å²) in [5.41, 5.74) is 1.62. The number of amides is 4. The van der Waals surface area contributed by atoms with Crippen LogP contribution in [0.1, 0.15) is 89.7 Å². The zero-order valence-electron chi connectivity index (χ0n) is 26.5. The number of carbonyl (C=O) groups is 4. The van der Waals surface area contributed by atoms with E-state index in [4.69, 9.17) is 9.47 Å².